The first-order valence-corrected chi connectivity index (χ1v) is 8.17. The molecule has 2 aromatic rings. The highest BCUT2D eigenvalue weighted by atomic mass is 16.7. The van der Waals surface area contributed by atoms with Crippen molar-refractivity contribution < 1.29 is 14.3 Å². The molecule has 0 radical (unpaired) electrons. The second-order valence-corrected chi connectivity index (χ2v) is 5.69. The van der Waals surface area contributed by atoms with Gasteiger partial charge in [-0.05, 0) is 42.7 Å². The smallest absolute Gasteiger partial charge is 0.255 e. The molecule has 4 heteroatoms. The molecule has 1 fully saturated rings. The van der Waals surface area contributed by atoms with Crippen molar-refractivity contribution in [2.45, 2.75) is 25.6 Å². The summed E-state index contributed by atoms with van der Waals surface area (Å²) in [7, 11) is 0. The number of ether oxygens (including phenoxy) is 2. The fourth-order valence-corrected chi connectivity index (χ4v) is 2.58. The van der Waals surface area contributed by atoms with Crippen molar-refractivity contribution in [2.24, 2.45) is 0 Å². The van der Waals surface area contributed by atoms with E-state index in [0.29, 0.717) is 17.0 Å². The van der Waals surface area contributed by atoms with Gasteiger partial charge in [-0.2, -0.15) is 0 Å². The first-order chi connectivity index (χ1) is 11.8. The Bertz CT molecular complexity index is 703. The summed E-state index contributed by atoms with van der Waals surface area (Å²) in [6.07, 6.45) is 4.53. The highest BCUT2D eigenvalue weighted by molar-refractivity contribution is 6.05. The molecule has 0 aliphatic carbocycles. The average Bonchev–Trinajstić information content (AvgIpc) is 2.64. The van der Waals surface area contributed by atoms with E-state index in [0.717, 1.165) is 31.4 Å². The number of para-hydroxylation sites is 2. The average molecular weight is 323 g/mol. The fourth-order valence-electron chi connectivity index (χ4n) is 2.58. The molecule has 2 aromatic carbocycles. The summed E-state index contributed by atoms with van der Waals surface area (Å²) >= 11 is 0. The minimum atomic E-state index is -0.247. The van der Waals surface area contributed by atoms with Gasteiger partial charge >= 0.3 is 0 Å². The highest BCUT2D eigenvalue weighted by Gasteiger charge is 2.17. The van der Waals surface area contributed by atoms with E-state index >= 15 is 0 Å². The Morgan fingerprint density at radius 1 is 1.17 bits per heavy atom. The van der Waals surface area contributed by atoms with Crippen molar-refractivity contribution in [1.29, 1.82) is 0 Å². The van der Waals surface area contributed by atoms with Crippen LogP contribution in [0.1, 0.15) is 35.2 Å². The van der Waals surface area contributed by atoms with E-state index in [4.69, 9.17) is 9.47 Å². The molecule has 4 nitrogen and oxygen atoms in total. The van der Waals surface area contributed by atoms with Crippen LogP contribution in [-0.4, -0.2) is 18.8 Å². The molecule has 0 saturated carbocycles. The van der Waals surface area contributed by atoms with E-state index in [1.165, 1.54) is 0 Å². The van der Waals surface area contributed by atoms with Crippen LogP contribution < -0.4 is 10.1 Å². The number of amides is 1. The molecule has 1 saturated heterocycles. The van der Waals surface area contributed by atoms with Gasteiger partial charge in [-0.15, -0.1) is 0 Å². The molecule has 1 aliphatic heterocycles. The maximum absolute atomic E-state index is 12.4. The molecule has 124 valence electrons. The molecular weight excluding hydrogens is 302 g/mol. The standard InChI is InChI=1S/C20H21NO3/c1-2-15-10-12-16(13-11-15)20(22)21-17-7-3-4-8-18(17)24-19-9-5-6-14-23-19/h2-4,7-8,10-13,19H,1,5-6,9,14H2,(H,21,22). The lowest BCUT2D eigenvalue weighted by Gasteiger charge is -2.24. The molecule has 0 aromatic heterocycles. The maximum Gasteiger partial charge on any atom is 0.255 e. The van der Waals surface area contributed by atoms with E-state index < -0.39 is 0 Å². The minimum absolute atomic E-state index is 0.175. The number of rotatable bonds is 5. The van der Waals surface area contributed by atoms with Gasteiger partial charge in [0.05, 0.1) is 12.3 Å². The summed E-state index contributed by atoms with van der Waals surface area (Å²) in [6, 6.07) is 14.7. The van der Waals surface area contributed by atoms with E-state index in [9.17, 15) is 4.79 Å². The molecular formula is C20H21NO3. The van der Waals surface area contributed by atoms with Gasteiger partial charge in [0.2, 0.25) is 0 Å². The summed E-state index contributed by atoms with van der Waals surface area (Å²) in [5.74, 6) is 0.451. The molecule has 0 bridgehead atoms. The van der Waals surface area contributed by atoms with Crippen molar-refractivity contribution in [3.63, 3.8) is 0 Å². The predicted octanol–water partition coefficient (Wildman–Crippen LogP) is 4.49. The normalized spacial score (nSPS) is 17.1. The largest absolute Gasteiger partial charge is 0.463 e. The summed E-state index contributed by atoms with van der Waals surface area (Å²) in [5.41, 5.74) is 2.21. The van der Waals surface area contributed by atoms with Crippen molar-refractivity contribution >= 4 is 17.7 Å². The van der Waals surface area contributed by atoms with Crippen LogP contribution in [-0.2, 0) is 4.74 Å². The molecule has 1 heterocycles. The summed E-state index contributed by atoms with van der Waals surface area (Å²) in [4.78, 5) is 12.4. The number of hydrogen-bond acceptors (Lipinski definition) is 3. The second kappa shape index (κ2) is 7.79. The van der Waals surface area contributed by atoms with Crippen LogP contribution in [0.2, 0.25) is 0 Å². The number of carbonyl (C=O) groups excluding carboxylic acids is 1. The van der Waals surface area contributed by atoms with Crippen molar-refractivity contribution in [1.82, 2.24) is 0 Å². The second-order valence-electron chi connectivity index (χ2n) is 5.69. The first-order valence-electron chi connectivity index (χ1n) is 8.17. The van der Waals surface area contributed by atoms with Crippen LogP contribution in [0.15, 0.2) is 55.1 Å². The number of benzene rings is 2. The lowest BCUT2D eigenvalue weighted by atomic mass is 10.1. The topological polar surface area (TPSA) is 47.6 Å². The SMILES string of the molecule is C=Cc1ccc(C(=O)Nc2ccccc2OC2CCCCO2)cc1. The third-order valence-electron chi connectivity index (χ3n) is 3.94. The van der Waals surface area contributed by atoms with Crippen LogP contribution in [0.4, 0.5) is 5.69 Å². The van der Waals surface area contributed by atoms with Gasteiger partial charge in [-0.25, -0.2) is 0 Å². The Hall–Kier alpha value is -2.59. The van der Waals surface area contributed by atoms with E-state index in [1.54, 1.807) is 18.2 Å². The quantitative estimate of drug-likeness (QED) is 0.882. The molecule has 1 atom stereocenters. The Kier molecular flexibility index (Phi) is 5.29. The fraction of sp³-hybridized carbons (Fsp3) is 0.250. The van der Waals surface area contributed by atoms with Gasteiger partial charge in [0.15, 0.2) is 6.29 Å². The highest BCUT2D eigenvalue weighted by Crippen LogP contribution is 2.27. The summed E-state index contributed by atoms with van der Waals surface area (Å²) in [5, 5.41) is 2.91. The third-order valence-corrected chi connectivity index (χ3v) is 3.94. The third kappa shape index (κ3) is 4.03. The van der Waals surface area contributed by atoms with Gasteiger partial charge < -0.3 is 14.8 Å². The Morgan fingerprint density at radius 3 is 2.67 bits per heavy atom. The monoisotopic (exact) mass is 323 g/mol. The number of hydrogen-bond donors (Lipinski definition) is 1. The van der Waals surface area contributed by atoms with Gasteiger partial charge in [0.25, 0.3) is 5.91 Å². The minimum Gasteiger partial charge on any atom is -0.463 e. The van der Waals surface area contributed by atoms with Crippen LogP contribution in [0.25, 0.3) is 6.08 Å². The van der Waals surface area contributed by atoms with Crippen molar-refractivity contribution in [2.75, 3.05) is 11.9 Å². The van der Waals surface area contributed by atoms with Crippen LogP contribution >= 0.6 is 0 Å². The molecule has 24 heavy (non-hydrogen) atoms. The number of nitrogens with one attached hydrogen (secondary N) is 1. The Balaban J connectivity index is 1.71. The van der Waals surface area contributed by atoms with E-state index in [1.807, 2.05) is 36.4 Å². The van der Waals surface area contributed by atoms with E-state index in [-0.39, 0.29) is 12.2 Å². The summed E-state index contributed by atoms with van der Waals surface area (Å²) in [6.45, 7) is 4.43. The molecule has 1 N–H and O–H groups in total. The zero-order valence-corrected chi connectivity index (χ0v) is 13.5. The van der Waals surface area contributed by atoms with Gasteiger partial charge in [-0.3, -0.25) is 4.79 Å². The van der Waals surface area contributed by atoms with Crippen LogP contribution in [0.3, 0.4) is 0 Å². The maximum atomic E-state index is 12.4. The van der Waals surface area contributed by atoms with E-state index in [2.05, 4.69) is 11.9 Å². The predicted molar refractivity (Wildman–Crippen MR) is 95.1 cm³/mol. The van der Waals surface area contributed by atoms with Crippen LogP contribution in [0, 0.1) is 0 Å². The first kappa shape index (κ1) is 16.3. The lowest BCUT2D eigenvalue weighted by molar-refractivity contribution is -0.105. The zero-order valence-electron chi connectivity index (χ0n) is 13.5. The molecule has 1 amide bonds. The Morgan fingerprint density at radius 2 is 1.96 bits per heavy atom. The van der Waals surface area contributed by atoms with Gasteiger partial charge in [0, 0.05) is 12.0 Å². The van der Waals surface area contributed by atoms with Crippen molar-refractivity contribution in [3.05, 3.63) is 66.2 Å². The van der Waals surface area contributed by atoms with Gasteiger partial charge in [0.1, 0.15) is 5.75 Å². The molecule has 1 aliphatic rings. The molecule has 0 spiro atoms. The number of carbonyl (C=O) groups is 1. The molecule has 3 rings (SSSR count). The molecule has 1 unspecified atom stereocenters. The summed E-state index contributed by atoms with van der Waals surface area (Å²) < 4.78 is 11.5. The number of anilines is 1. The van der Waals surface area contributed by atoms with Crippen molar-refractivity contribution in [3.8, 4) is 5.75 Å². The van der Waals surface area contributed by atoms with Crippen LogP contribution in [0.5, 0.6) is 5.75 Å². The Labute approximate surface area is 142 Å². The van der Waals surface area contributed by atoms with Gasteiger partial charge in [-0.1, -0.05) is 36.9 Å². The zero-order chi connectivity index (χ0) is 16.8. The lowest BCUT2D eigenvalue weighted by Crippen LogP contribution is -2.25.